The molecule has 2 rings (SSSR count). The average Bonchev–Trinajstić information content (AvgIpc) is 2.46. The fraction of sp³-hybridized carbons (Fsp3) is 0.250. The van der Waals surface area contributed by atoms with Crippen LogP contribution < -0.4 is 14.8 Å². The average molecular weight is 293 g/mol. The summed E-state index contributed by atoms with van der Waals surface area (Å²) in [6.45, 7) is 0.297. The Morgan fingerprint density at radius 2 is 1.81 bits per heavy atom. The molecule has 0 unspecified atom stereocenters. The van der Waals surface area contributed by atoms with Gasteiger partial charge in [0, 0.05) is 18.3 Å². The van der Waals surface area contributed by atoms with Crippen molar-refractivity contribution in [2.75, 3.05) is 11.9 Å². The SMILES string of the molecule is CCOc1cccc(CNc2cccc(OC(F)F)c2)c1. The molecule has 0 aromatic heterocycles. The minimum Gasteiger partial charge on any atom is -0.494 e. The molecule has 2 aromatic rings. The van der Waals surface area contributed by atoms with Crippen molar-refractivity contribution >= 4 is 5.69 Å². The number of alkyl halides is 2. The Morgan fingerprint density at radius 3 is 2.57 bits per heavy atom. The van der Waals surface area contributed by atoms with E-state index in [1.165, 1.54) is 6.07 Å². The van der Waals surface area contributed by atoms with Crippen LogP contribution in [0.15, 0.2) is 48.5 Å². The Morgan fingerprint density at radius 1 is 1.05 bits per heavy atom. The van der Waals surface area contributed by atoms with Gasteiger partial charge in [-0.25, -0.2) is 0 Å². The highest BCUT2D eigenvalue weighted by molar-refractivity contribution is 5.48. The first-order valence-electron chi connectivity index (χ1n) is 6.68. The third-order valence-electron chi connectivity index (χ3n) is 2.77. The normalized spacial score (nSPS) is 10.5. The van der Waals surface area contributed by atoms with Gasteiger partial charge in [-0.1, -0.05) is 18.2 Å². The summed E-state index contributed by atoms with van der Waals surface area (Å²) in [7, 11) is 0. The molecule has 5 heteroatoms. The molecular formula is C16H17F2NO2. The molecular weight excluding hydrogens is 276 g/mol. The predicted octanol–water partition coefficient (Wildman–Crippen LogP) is 4.30. The van der Waals surface area contributed by atoms with Crippen LogP contribution in [0, 0.1) is 0 Å². The van der Waals surface area contributed by atoms with Crippen molar-refractivity contribution in [3.05, 3.63) is 54.1 Å². The molecule has 0 saturated heterocycles. The topological polar surface area (TPSA) is 30.5 Å². The van der Waals surface area contributed by atoms with E-state index in [0.29, 0.717) is 13.2 Å². The zero-order valence-electron chi connectivity index (χ0n) is 11.7. The van der Waals surface area contributed by atoms with E-state index in [4.69, 9.17) is 4.74 Å². The first-order chi connectivity index (χ1) is 10.2. The van der Waals surface area contributed by atoms with E-state index >= 15 is 0 Å². The van der Waals surface area contributed by atoms with E-state index in [1.807, 2.05) is 31.2 Å². The molecule has 0 heterocycles. The van der Waals surface area contributed by atoms with Crippen LogP contribution >= 0.6 is 0 Å². The van der Waals surface area contributed by atoms with Crippen molar-refractivity contribution < 1.29 is 18.3 Å². The molecule has 1 N–H and O–H groups in total. The number of anilines is 1. The lowest BCUT2D eigenvalue weighted by atomic mass is 10.2. The molecule has 112 valence electrons. The lowest BCUT2D eigenvalue weighted by Crippen LogP contribution is -2.03. The molecule has 0 aliphatic carbocycles. The maximum atomic E-state index is 12.2. The maximum Gasteiger partial charge on any atom is 0.387 e. The first-order valence-corrected chi connectivity index (χ1v) is 6.68. The van der Waals surface area contributed by atoms with E-state index in [1.54, 1.807) is 18.2 Å². The highest BCUT2D eigenvalue weighted by atomic mass is 19.3. The second kappa shape index (κ2) is 7.47. The van der Waals surface area contributed by atoms with Gasteiger partial charge in [0.1, 0.15) is 11.5 Å². The van der Waals surface area contributed by atoms with Gasteiger partial charge in [-0.15, -0.1) is 0 Å². The molecule has 0 aliphatic rings. The third-order valence-corrected chi connectivity index (χ3v) is 2.77. The molecule has 21 heavy (non-hydrogen) atoms. The summed E-state index contributed by atoms with van der Waals surface area (Å²) in [4.78, 5) is 0. The molecule has 3 nitrogen and oxygen atoms in total. The summed E-state index contributed by atoms with van der Waals surface area (Å²) in [6.07, 6.45) is 0. The smallest absolute Gasteiger partial charge is 0.387 e. The van der Waals surface area contributed by atoms with Gasteiger partial charge < -0.3 is 14.8 Å². The van der Waals surface area contributed by atoms with Gasteiger partial charge in [0.2, 0.25) is 0 Å². The zero-order valence-corrected chi connectivity index (χ0v) is 11.7. The molecule has 0 fully saturated rings. The summed E-state index contributed by atoms with van der Waals surface area (Å²) in [5, 5.41) is 3.16. The van der Waals surface area contributed by atoms with E-state index in [2.05, 4.69) is 10.1 Å². The predicted molar refractivity (Wildman–Crippen MR) is 78.0 cm³/mol. The number of hydrogen-bond acceptors (Lipinski definition) is 3. The molecule has 0 amide bonds. The van der Waals surface area contributed by atoms with Crippen molar-refractivity contribution in [2.45, 2.75) is 20.1 Å². The molecule has 0 bridgehead atoms. The Labute approximate surface area is 122 Å². The van der Waals surface area contributed by atoms with Crippen LogP contribution in [0.25, 0.3) is 0 Å². The number of rotatable bonds is 7. The molecule has 2 aromatic carbocycles. The van der Waals surface area contributed by atoms with Gasteiger partial charge in [-0.2, -0.15) is 8.78 Å². The van der Waals surface area contributed by atoms with Crippen molar-refractivity contribution in [3.8, 4) is 11.5 Å². The van der Waals surface area contributed by atoms with Gasteiger partial charge in [-0.3, -0.25) is 0 Å². The van der Waals surface area contributed by atoms with Crippen LogP contribution in [-0.4, -0.2) is 13.2 Å². The lowest BCUT2D eigenvalue weighted by molar-refractivity contribution is -0.0498. The fourth-order valence-corrected chi connectivity index (χ4v) is 1.90. The van der Waals surface area contributed by atoms with Gasteiger partial charge in [0.25, 0.3) is 0 Å². The Kier molecular flexibility index (Phi) is 5.37. The largest absolute Gasteiger partial charge is 0.494 e. The first kappa shape index (κ1) is 15.1. The summed E-state index contributed by atoms with van der Waals surface area (Å²) in [6, 6.07) is 14.2. The van der Waals surface area contributed by atoms with Crippen molar-refractivity contribution in [1.29, 1.82) is 0 Å². The van der Waals surface area contributed by atoms with Crippen LogP contribution in [0.4, 0.5) is 14.5 Å². The molecule has 0 saturated carbocycles. The van der Waals surface area contributed by atoms with E-state index in [-0.39, 0.29) is 5.75 Å². The monoisotopic (exact) mass is 293 g/mol. The lowest BCUT2D eigenvalue weighted by Gasteiger charge is -2.10. The number of halogens is 2. The van der Waals surface area contributed by atoms with Crippen LogP contribution in [0.5, 0.6) is 11.5 Å². The summed E-state index contributed by atoms with van der Waals surface area (Å²) in [5.74, 6) is 0.949. The quantitative estimate of drug-likeness (QED) is 0.825. The van der Waals surface area contributed by atoms with Gasteiger partial charge in [-0.05, 0) is 36.8 Å². The van der Waals surface area contributed by atoms with Crippen LogP contribution in [0.1, 0.15) is 12.5 Å². The third kappa shape index (κ3) is 4.95. The van der Waals surface area contributed by atoms with Crippen molar-refractivity contribution in [2.24, 2.45) is 0 Å². The standard InChI is InChI=1S/C16H17F2NO2/c1-2-20-14-7-3-5-12(9-14)11-19-13-6-4-8-15(10-13)21-16(17)18/h3-10,16,19H,2,11H2,1H3. The van der Waals surface area contributed by atoms with Crippen LogP contribution in [0.2, 0.25) is 0 Å². The highest BCUT2D eigenvalue weighted by Gasteiger charge is 2.04. The summed E-state index contributed by atoms with van der Waals surface area (Å²) < 4.78 is 34.1. The zero-order chi connectivity index (χ0) is 15.1. The van der Waals surface area contributed by atoms with Gasteiger partial charge >= 0.3 is 6.61 Å². The molecule has 0 spiro atoms. The number of hydrogen-bond donors (Lipinski definition) is 1. The Bertz CT molecular complexity index is 576. The van der Waals surface area contributed by atoms with Crippen LogP contribution in [-0.2, 0) is 6.54 Å². The fourth-order valence-electron chi connectivity index (χ4n) is 1.90. The minimum atomic E-state index is -2.82. The number of benzene rings is 2. The Hall–Kier alpha value is -2.30. The van der Waals surface area contributed by atoms with Crippen LogP contribution in [0.3, 0.4) is 0 Å². The summed E-state index contributed by atoms with van der Waals surface area (Å²) in [5.41, 5.74) is 1.76. The minimum absolute atomic E-state index is 0.137. The summed E-state index contributed by atoms with van der Waals surface area (Å²) >= 11 is 0. The molecule has 0 radical (unpaired) electrons. The Balaban J connectivity index is 1.97. The van der Waals surface area contributed by atoms with Crippen molar-refractivity contribution in [3.63, 3.8) is 0 Å². The van der Waals surface area contributed by atoms with Gasteiger partial charge in [0.15, 0.2) is 0 Å². The number of ether oxygens (including phenoxy) is 2. The highest BCUT2D eigenvalue weighted by Crippen LogP contribution is 2.20. The van der Waals surface area contributed by atoms with Gasteiger partial charge in [0.05, 0.1) is 6.61 Å². The van der Waals surface area contributed by atoms with E-state index in [0.717, 1.165) is 17.0 Å². The second-order valence-corrected chi connectivity index (χ2v) is 4.34. The van der Waals surface area contributed by atoms with Crippen molar-refractivity contribution in [1.82, 2.24) is 0 Å². The second-order valence-electron chi connectivity index (χ2n) is 4.34. The number of nitrogens with one attached hydrogen (secondary N) is 1. The molecule has 0 atom stereocenters. The van der Waals surface area contributed by atoms with E-state index < -0.39 is 6.61 Å². The molecule has 0 aliphatic heterocycles. The van der Waals surface area contributed by atoms with E-state index in [9.17, 15) is 8.78 Å². The maximum absolute atomic E-state index is 12.2.